The average Bonchev–Trinajstić information content (AvgIpc) is 3.07. The second-order valence-electron chi connectivity index (χ2n) is 5.94. The molecule has 0 saturated carbocycles. The molecule has 0 radical (unpaired) electrons. The van der Waals surface area contributed by atoms with Crippen molar-refractivity contribution >= 4 is 11.8 Å². The minimum atomic E-state index is -0.0162. The standard InChI is InChI=1S/C17H22N2O5/c1-22-9-6-16(20)18-13-4-7-19(8-5-13)17(21)12-2-3-14-15(10-12)24-11-23-14/h2-3,10,13H,4-9,11H2,1H3,(H,18,20). The normalized spacial score (nSPS) is 17.0. The lowest BCUT2D eigenvalue weighted by molar-refractivity contribution is -0.122. The average molecular weight is 334 g/mol. The van der Waals surface area contributed by atoms with Crippen molar-refractivity contribution in [2.45, 2.75) is 25.3 Å². The second kappa shape index (κ2) is 7.53. The van der Waals surface area contributed by atoms with E-state index < -0.39 is 0 Å². The molecule has 3 rings (SSSR count). The van der Waals surface area contributed by atoms with Gasteiger partial charge in [-0.2, -0.15) is 0 Å². The first-order chi connectivity index (χ1) is 11.7. The third kappa shape index (κ3) is 3.79. The molecule has 2 aliphatic rings. The van der Waals surface area contributed by atoms with Crippen LogP contribution >= 0.6 is 0 Å². The molecule has 0 atom stereocenters. The molecular formula is C17H22N2O5. The maximum atomic E-state index is 12.6. The van der Waals surface area contributed by atoms with E-state index in [0.717, 1.165) is 12.8 Å². The Morgan fingerprint density at radius 2 is 2.00 bits per heavy atom. The zero-order chi connectivity index (χ0) is 16.9. The van der Waals surface area contributed by atoms with Crippen LogP contribution in [0.2, 0.25) is 0 Å². The van der Waals surface area contributed by atoms with E-state index in [9.17, 15) is 9.59 Å². The van der Waals surface area contributed by atoms with Crippen LogP contribution in [0.1, 0.15) is 29.6 Å². The number of carbonyl (C=O) groups excluding carboxylic acids is 2. The first-order valence-electron chi connectivity index (χ1n) is 8.14. The Labute approximate surface area is 140 Å². The van der Waals surface area contributed by atoms with E-state index in [1.807, 2.05) is 4.90 Å². The van der Waals surface area contributed by atoms with Crippen LogP contribution in [-0.4, -0.2) is 56.4 Å². The number of methoxy groups -OCH3 is 1. The summed E-state index contributed by atoms with van der Waals surface area (Å²) in [7, 11) is 1.58. The van der Waals surface area contributed by atoms with Gasteiger partial charge in [-0.25, -0.2) is 0 Å². The number of fused-ring (bicyclic) bond motifs is 1. The number of ether oxygens (including phenoxy) is 3. The molecule has 2 aliphatic heterocycles. The van der Waals surface area contributed by atoms with Gasteiger partial charge in [-0.1, -0.05) is 0 Å². The number of nitrogens with zero attached hydrogens (tertiary/aromatic N) is 1. The van der Waals surface area contributed by atoms with E-state index in [1.165, 1.54) is 0 Å². The molecule has 7 nitrogen and oxygen atoms in total. The van der Waals surface area contributed by atoms with Crippen molar-refractivity contribution in [3.8, 4) is 11.5 Å². The van der Waals surface area contributed by atoms with Crippen molar-refractivity contribution in [3.05, 3.63) is 23.8 Å². The Morgan fingerprint density at radius 3 is 2.75 bits per heavy atom. The van der Waals surface area contributed by atoms with E-state index >= 15 is 0 Å². The lowest BCUT2D eigenvalue weighted by Gasteiger charge is -2.32. The minimum Gasteiger partial charge on any atom is -0.454 e. The summed E-state index contributed by atoms with van der Waals surface area (Å²) in [5.74, 6) is 1.26. The zero-order valence-electron chi connectivity index (χ0n) is 13.7. The van der Waals surface area contributed by atoms with E-state index in [4.69, 9.17) is 14.2 Å². The summed E-state index contributed by atoms with van der Waals surface area (Å²) in [6.45, 7) is 1.87. The SMILES string of the molecule is COCCC(=O)NC1CCN(C(=O)c2ccc3c(c2)OCO3)CC1. The van der Waals surface area contributed by atoms with Crippen LogP contribution in [0.25, 0.3) is 0 Å². The number of carbonyl (C=O) groups is 2. The minimum absolute atomic E-state index is 0.00241. The number of rotatable bonds is 5. The summed E-state index contributed by atoms with van der Waals surface area (Å²) < 4.78 is 15.5. The molecule has 2 heterocycles. The maximum absolute atomic E-state index is 12.6. The van der Waals surface area contributed by atoms with Crippen molar-refractivity contribution in [2.24, 2.45) is 0 Å². The molecule has 0 aromatic heterocycles. The number of hydrogen-bond acceptors (Lipinski definition) is 5. The zero-order valence-corrected chi connectivity index (χ0v) is 13.7. The third-order valence-corrected chi connectivity index (χ3v) is 4.30. The van der Waals surface area contributed by atoms with Gasteiger partial charge >= 0.3 is 0 Å². The van der Waals surface area contributed by atoms with Crippen LogP contribution in [-0.2, 0) is 9.53 Å². The summed E-state index contributed by atoms with van der Waals surface area (Å²) in [4.78, 5) is 26.1. The van der Waals surface area contributed by atoms with Gasteiger partial charge in [-0.3, -0.25) is 9.59 Å². The summed E-state index contributed by atoms with van der Waals surface area (Å²) >= 11 is 0. The van der Waals surface area contributed by atoms with Gasteiger partial charge < -0.3 is 24.4 Å². The van der Waals surface area contributed by atoms with Gasteiger partial charge in [-0.05, 0) is 31.0 Å². The molecule has 7 heteroatoms. The molecule has 2 amide bonds. The summed E-state index contributed by atoms with van der Waals surface area (Å²) in [5, 5.41) is 2.99. The van der Waals surface area contributed by atoms with Gasteiger partial charge in [0.15, 0.2) is 11.5 Å². The Hall–Kier alpha value is -2.28. The fourth-order valence-electron chi connectivity index (χ4n) is 2.93. The van der Waals surface area contributed by atoms with Gasteiger partial charge in [-0.15, -0.1) is 0 Å². The van der Waals surface area contributed by atoms with Gasteiger partial charge in [0.25, 0.3) is 5.91 Å². The van der Waals surface area contributed by atoms with Gasteiger partial charge in [0, 0.05) is 38.2 Å². The maximum Gasteiger partial charge on any atom is 0.253 e. The number of amides is 2. The number of nitrogens with one attached hydrogen (secondary N) is 1. The molecule has 1 N–H and O–H groups in total. The largest absolute Gasteiger partial charge is 0.454 e. The van der Waals surface area contributed by atoms with Gasteiger partial charge in [0.05, 0.1) is 6.61 Å². The monoisotopic (exact) mass is 334 g/mol. The van der Waals surface area contributed by atoms with Crippen molar-refractivity contribution in [1.29, 1.82) is 0 Å². The molecule has 1 fully saturated rings. The van der Waals surface area contributed by atoms with Crippen molar-refractivity contribution in [1.82, 2.24) is 10.2 Å². The van der Waals surface area contributed by atoms with Crippen LogP contribution in [0, 0.1) is 0 Å². The quantitative estimate of drug-likeness (QED) is 0.875. The van der Waals surface area contributed by atoms with Crippen molar-refractivity contribution < 1.29 is 23.8 Å². The molecule has 24 heavy (non-hydrogen) atoms. The predicted molar refractivity (Wildman–Crippen MR) is 86.1 cm³/mol. The number of benzene rings is 1. The molecular weight excluding hydrogens is 312 g/mol. The Bertz CT molecular complexity index is 611. The summed E-state index contributed by atoms with van der Waals surface area (Å²) in [6.07, 6.45) is 1.89. The lowest BCUT2D eigenvalue weighted by Crippen LogP contribution is -2.46. The molecule has 0 aliphatic carbocycles. The fraction of sp³-hybridized carbons (Fsp3) is 0.529. The fourth-order valence-corrected chi connectivity index (χ4v) is 2.93. The second-order valence-corrected chi connectivity index (χ2v) is 5.94. The van der Waals surface area contributed by atoms with Crippen molar-refractivity contribution in [3.63, 3.8) is 0 Å². The highest BCUT2D eigenvalue weighted by Crippen LogP contribution is 2.33. The molecule has 1 aromatic carbocycles. The smallest absolute Gasteiger partial charge is 0.253 e. The third-order valence-electron chi connectivity index (χ3n) is 4.30. The summed E-state index contributed by atoms with van der Waals surface area (Å²) in [6, 6.07) is 5.37. The van der Waals surface area contributed by atoms with Crippen LogP contribution < -0.4 is 14.8 Å². The predicted octanol–water partition coefficient (Wildman–Crippen LogP) is 1.17. The molecule has 0 spiro atoms. The van der Waals surface area contributed by atoms with Crippen LogP contribution in [0.15, 0.2) is 18.2 Å². The number of likely N-dealkylation sites (tertiary alicyclic amines) is 1. The van der Waals surface area contributed by atoms with Gasteiger partial charge in [0.1, 0.15) is 0 Å². The van der Waals surface area contributed by atoms with E-state index in [1.54, 1.807) is 25.3 Å². The molecule has 0 unspecified atom stereocenters. The summed E-state index contributed by atoms with van der Waals surface area (Å²) in [5.41, 5.74) is 0.599. The van der Waals surface area contributed by atoms with E-state index in [0.29, 0.717) is 43.2 Å². The Kier molecular flexibility index (Phi) is 5.20. The molecule has 1 aromatic rings. The Morgan fingerprint density at radius 1 is 1.25 bits per heavy atom. The van der Waals surface area contributed by atoms with Gasteiger partial charge in [0.2, 0.25) is 12.7 Å². The molecule has 0 bridgehead atoms. The highest BCUT2D eigenvalue weighted by Gasteiger charge is 2.25. The van der Waals surface area contributed by atoms with E-state index in [2.05, 4.69) is 5.32 Å². The van der Waals surface area contributed by atoms with Crippen LogP contribution in [0.5, 0.6) is 11.5 Å². The first-order valence-corrected chi connectivity index (χ1v) is 8.14. The van der Waals surface area contributed by atoms with Crippen molar-refractivity contribution in [2.75, 3.05) is 33.6 Å². The Balaban J connectivity index is 1.51. The number of hydrogen-bond donors (Lipinski definition) is 1. The molecule has 1 saturated heterocycles. The van der Waals surface area contributed by atoms with E-state index in [-0.39, 0.29) is 24.6 Å². The highest BCUT2D eigenvalue weighted by atomic mass is 16.7. The highest BCUT2D eigenvalue weighted by molar-refractivity contribution is 5.95. The lowest BCUT2D eigenvalue weighted by atomic mass is 10.0. The topological polar surface area (TPSA) is 77.1 Å². The number of piperidine rings is 1. The van der Waals surface area contributed by atoms with Crippen LogP contribution in [0.3, 0.4) is 0 Å². The molecule has 130 valence electrons. The first kappa shape index (κ1) is 16.6. The van der Waals surface area contributed by atoms with Crippen LogP contribution in [0.4, 0.5) is 0 Å².